The third kappa shape index (κ3) is 3.04. The molecule has 14 heavy (non-hydrogen) atoms. The summed E-state index contributed by atoms with van der Waals surface area (Å²) in [6.07, 6.45) is 0.972. The quantitative estimate of drug-likeness (QED) is 0.818. The fraction of sp³-hybridized carbons (Fsp3) is 0.364. The monoisotopic (exact) mass is 211 g/mol. The van der Waals surface area contributed by atoms with Gasteiger partial charge in [-0.1, -0.05) is 30.7 Å². The number of nitrogens with one attached hydrogen (secondary N) is 1. The lowest BCUT2D eigenvalue weighted by Crippen LogP contribution is -2.19. The Kier molecular flexibility index (Phi) is 3.96. The zero-order valence-corrected chi connectivity index (χ0v) is 9.19. The summed E-state index contributed by atoms with van der Waals surface area (Å²) in [7, 11) is 0. The van der Waals surface area contributed by atoms with Crippen molar-refractivity contribution in [1.82, 2.24) is 5.32 Å². The summed E-state index contributed by atoms with van der Waals surface area (Å²) < 4.78 is 0. The van der Waals surface area contributed by atoms with Gasteiger partial charge in [-0.15, -0.1) is 0 Å². The van der Waals surface area contributed by atoms with Crippen LogP contribution in [0.15, 0.2) is 18.2 Å². The molecular weight excluding hydrogens is 198 g/mol. The van der Waals surface area contributed by atoms with E-state index in [9.17, 15) is 4.79 Å². The molecule has 0 fully saturated rings. The zero-order chi connectivity index (χ0) is 10.6. The zero-order valence-electron chi connectivity index (χ0n) is 8.43. The number of rotatable bonds is 3. The molecule has 0 saturated carbocycles. The molecule has 0 radical (unpaired) electrons. The normalized spacial score (nSPS) is 9.93. The van der Waals surface area contributed by atoms with Crippen LogP contribution in [0.3, 0.4) is 0 Å². The summed E-state index contributed by atoms with van der Waals surface area (Å²) in [6.45, 7) is 4.08. The van der Waals surface area contributed by atoms with Crippen LogP contribution in [0, 0.1) is 0 Å². The van der Waals surface area contributed by atoms with Crippen molar-refractivity contribution in [2.45, 2.75) is 26.8 Å². The molecule has 0 unspecified atom stereocenters. The minimum Gasteiger partial charge on any atom is -0.352 e. The Labute approximate surface area is 89.3 Å². The molecule has 0 aliphatic rings. The van der Waals surface area contributed by atoms with Gasteiger partial charge >= 0.3 is 0 Å². The van der Waals surface area contributed by atoms with Gasteiger partial charge in [0, 0.05) is 18.5 Å². The Morgan fingerprint density at radius 2 is 2.21 bits per heavy atom. The molecule has 1 aromatic rings. The van der Waals surface area contributed by atoms with Gasteiger partial charge in [-0.2, -0.15) is 0 Å². The molecule has 0 atom stereocenters. The van der Waals surface area contributed by atoms with Crippen LogP contribution >= 0.6 is 11.6 Å². The molecule has 2 nitrogen and oxygen atoms in total. The van der Waals surface area contributed by atoms with Crippen molar-refractivity contribution in [3.8, 4) is 0 Å². The SMILES string of the molecule is CCc1ccc(CNC(C)=O)c(Cl)c1. The highest BCUT2D eigenvalue weighted by atomic mass is 35.5. The molecule has 1 N–H and O–H groups in total. The number of carbonyl (C=O) groups is 1. The Morgan fingerprint density at radius 3 is 2.71 bits per heavy atom. The van der Waals surface area contributed by atoms with Crippen molar-refractivity contribution >= 4 is 17.5 Å². The molecule has 0 aliphatic carbocycles. The van der Waals surface area contributed by atoms with E-state index in [0.29, 0.717) is 6.54 Å². The smallest absolute Gasteiger partial charge is 0.217 e. The van der Waals surface area contributed by atoms with E-state index in [-0.39, 0.29) is 5.91 Å². The van der Waals surface area contributed by atoms with E-state index >= 15 is 0 Å². The lowest BCUT2D eigenvalue weighted by atomic mass is 10.1. The van der Waals surface area contributed by atoms with Gasteiger partial charge in [0.1, 0.15) is 0 Å². The summed E-state index contributed by atoms with van der Waals surface area (Å²) in [4.78, 5) is 10.7. The fourth-order valence-electron chi connectivity index (χ4n) is 1.17. The lowest BCUT2D eigenvalue weighted by molar-refractivity contribution is -0.119. The van der Waals surface area contributed by atoms with Gasteiger partial charge in [-0.3, -0.25) is 4.79 Å². The third-order valence-electron chi connectivity index (χ3n) is 2.05. The maximum absolute atomic E-state index is 10.7. The molecule has 0 aromatic heterocycles. The highest BCUT2D eigenvalue weighted by Crippen LogP contribution is 2.17. The van der Waals surface area contributed by atoms with Crippen LogP contribution in [0.2, 0.25) is 5.02 Å². The van der Waals surface area contributed by atoms with Crippen molar-refractivity contribution in [2.75, 3.05) is 0 Å². The largest absolute Gasteiger partial charge is 0.352 e. The number of hydrogen-bond acceptors (Lipinski definition) is 1. The average molecular weight is 212 g/mol. The number of carbonyl (C=O) groups excluding carboxylic acids is 1. The molecule has 0 saturated heterocycles. The van der Waals surface area contributed by atoms with E-state index in [0.717, 1.165) is 17.0 Å². The van der Waals surface area contributed by atoms with Crippen LogP contribution in [0.5, 0.6) is 0 Å². The van der Waals surface area contributed by atoms with E-state index in [1.165, 1.54) is 12.5 Å². The Hall–Kier alpha value is -1.02. The topological polar surface area (TPSA) is 29.1 Å². The van der Waals surface area contributed by atoms with Crippen molar-refractivity contribution in [1.29, 1.82) is 0 Å². The Morgan fingerprint density at radius 1 is 1.50 bits per heavy atom. The van der Waals surface area contributed by atoms with Gasteiger partial charge in [0.25, 0.3) is 0 Å². The first-order chi connectivity index (χ1) is 6.63. The minimum atomic E-state index is -0.0411. The maximum Gasteiger partial charge on any atom is 0.217 e. The fourth-order valence-corrected chi connectivity index (χ4v) is 1.44. The predicted octanol–water partition coefficient (Wildman–Crippen LogP) is 2.54. The van der Waals surface area contributed by atoms with E-state index in [1.54, 1.807) is 0 Å². The van der Waals surface area contributed by atoms with Gasteiger partial charge in [0.2, 0.25) is 5.91 Å². The summed E-state index contributed by atoms with van der Waals surface area (Å²) in [6, 6.07) is 5.93. The molecule has 1 rings (SSSR count). The van der Waals surface area contributed by atoms with Gasteiger partial charge in [0.15, 0.2) is 0 Å². The molecule has 1 amide bonds. The number of aryl methyl sites for hydroxylation is 1. The molecule has 0 aliphatic heterocycles. The number of benzene rings is 1. The molecular formula is C11H14ClNO. The van der Waals surface area contributed by atoms with Crippen LogP contribution in [0.4, 0.5) is 0 Å². The van der Waals surface area contributed by atoms with Crippen molar-refractivity contribution in [3.63, 3.8) is 0 Å². The van der Waals surface area contributed by atoms with Crippen molar-refractivity contribution < 1.29 is 4.79 Å². The molecule has 0 bridgehead atoms. The van der Waals surface area contributed by atoms with Crippen LogP contribution in [0.1, 0.15) is 25.0 Å². The lowest BCUT2D eigenvalue weighted by Gasteiger charge is -2.06. The molecule has 1 aromatic carbocycles. The second-order valence-corrected chi connectivity index (χ2v) is 3.60. The van der Waals surface area contributed by atoms with E-state index in [4.69, 9.17) is 11.6 Å². The van der Waals surface area contributed by atoms with E-state index in [2.05, 4.69) is 12.2 Å². The Balaban J connectivity index is 2.73. The van der Waals surface area contributed by atoms with Gasteiger partial charge in [-0.05, 0) is 23.6 Å². The van der Waals surface area contributed by atoms with Crippen LogP contribution in [-0.4, -0.2) is 5.91 Å². The summed E-state index contributed by atoms with van der Waals surface area (Å²) in [5, 5.41) is 3.44. The van der Waals surface area contributed by atoms with Gasteiger partial charge in [0.05, 0.1) is 0 Å². The molecule has 0 spiro atoms. The summed E-state index contributed by atoms with van der Waals surface area (Å²) in [5.74, 6) is -0.0411. The maximum atomic E-state index is 10.7. The number of halogens is 1. The average Bonchev–Trinajstić information content (AvgIpc) is 2.15. The molecule has 76 valence electrons. The predicted molar refractivity (Wildman–Crippen MR) is 58.4 cm³/mol. The van der Waals surface area contributed by atoms with Gasteiger partial charge < -0.3 is 5.32 Å². The second-order valence-electron chi connectivity index (χ2n) is 3.19. The van der Waals surface area contributed by atoms with Crippen molar-refractivity contribution in [2.24, 2.45) is 0 Å². The number of amides is 1. The third-order valence-corrected chi connectivity index (χ3v) is 2.41. The first-order valence-electron chi connectivity index (χ1n) is 4.65. The summed E-state index contributed by atoms with van der Waals surface area (Å²) >= 11 is 6.04. The van der Waals surface area contributed by atoms with Crippen LogP contribution in [0.25, 0.3) is 0 Å². The first-order valence-corrected chi connectivity index (χ1v) is 5.03. The minimum absolute atomic E-state index is 0.0411. The van der Waals surface area contributed by atoms with Crippen molar-refractivity contribution in [3.05, 3.63) is 34.3 Å². The Bertz CT molecular complexity index is 336. The van der Waals surface area contributed by atoms with Gasteiger partial charge in [-0.25, -0.2) is 0 Å². The van der Waals surface area contributed by atoms with Crippen LogP contribution < -0.4 is 5.32 Å². The number of hydrogen-bond donors (Lipinski definition) is 1. The standard InChI is InChI=1S/C11H14ClNO/c1-3-9-4-5-10(11(12)6-9)7-13-8(2)14/h4-6H,3,7H2,1-2H3,(H,13,14). The van der Waals surface area contributed by atoms with E-state index in [1.807, 2.05) is 18.2 Å². The summed E-state index contributed by atoms with van der Waals surface area (Å²) in [5.41, 5.74) is 2.17. The van der Waals surface area contributed by atoms with Crippen LogP contribution in [-0.2, 0) is 17.8 Å². The van der Waals surface area contributed by atoms with E-state index < -0.39 is 0 Å². The molecule has 3 heteroatoms. The molecule has 0 heterocycles. The first kappa shape index (κ1) is 11.1. The highest BCUT2D eigenvalue weighted by molar-refractivity contribution is 6.31. The second kappa shape index (κ2) is 5.01. The highest BCUT2D eigenvalue weighted by Gasteiger charge is 2.01.